The zero-order valence-corrected chi connectivity index (χ0v) is 20.6. The zero-order chi connectivity index (χ0) is 24.9. The molecule has 0 unspecified atom stereocenters. The predicted octanol–water partition coefficient (Wildman–Crippen LogP) is 4.06. The molecule has 0 atom stereocenters. The van der Waals surface area contributed by atoms with Gasteiger partial charge in [-0.1, -0.05) is 6.07 Å². The van der Waals surface area contributed by atoms with Gasteiger partial charge in [0.1, 0.15) is 5.69 Å². The lowest BCUT2D eigenvalue weighted by Gasteiger charge is -2.29. The monoisotopic (exact) mass is 488 g/mol. The molecule has 2 aliphatic rings. The Kier molecular flexibility index (Phi) is 7.11. The molecule has 0 aliphatic carbocycles. The van der Waals surface area contributed by atoms with Crippen molar-refractivity contribution in [2.24, 2.45) is 0 Å². The second-order valence-electron chi connectivity index (χ2n) is 9.17. The summed E-state index contributed by atoms with van der Waals surface area (Å²) in [4.78, 5) is 31.7. The lowest BCUT2D eigenvalue weighted by Crippen LogP contribution is -2.31. The van der Waals surface area contributed by atoms with Crippen LogP contribution < -0.4 is 20.4 Å². The van der Waals surface area contributed by atoms with Crippen LogP contribution in [0.15, 0.2) is 34.9 Å². The van der Waals surface area contributed by atoms with Crippen molar-refractivity contribution in [3.63, 3.8) is 0 Å². The maximum atomic E-state index is 13.3. The van der Waals surface area contributed by atoms with Crippen LogP contribution in [0.25, 0.3) is 16.8 Å². The Bertz CT molecular complexity index is 1270. The summed E-state index contributed by atoms with van der Waals surface area (Å²) in [5, 5.41) is 13.6. The van der Waals surface area contributed by atoms with Crippen molar-refractivity contribution in [1.29, 1.82) is 5.41 Å². The molecule has 3 N–H and O–H groups in total. The van der Waals surface area contributed by atoms with Gasteiger partial charge in [-0.25, -0.2) is 9.97 Å². The smallest absolute Gasteiger partial charge is 0.299 e. The molecule has 5 heterocycles. The Morgan fingerprint density at radius 3 is 2.36 bits per heavy atom. The SMILES string of the molecule is CN/C=C(\C=N)c1cccc(C(=O)Nc2cc3oc(N4CCCCC4)nc3nc2N2CCCCC2)n1. The molecule has 10 heteroatoms. The van der Waals surface area contributed by atoms with E-state index in [0.29, 0.717) is 40.0 Å². The van der Waals surface area contributed by atoms with Gasteiger partial charge in [-0.3, -0.25) is 4.79 Å². The van der Waals surface area contributed by atoms with Crippen molar-refractivity contribution in [3.8, 4) is 0 Å². The molecule has 0 aromatic carbocycles. The minimum absolute atomic E-state index is 0.257. The van der Waals surface area contributed by atoms with E-state index in [9.17, 15) is 4.79 Å². The summed E-state index contributed by atoms with van der Waals surface area (Å²) < 4.78 is 6.10. The zero-order valence-electron chi connectivity index (χ0n) is 20.6. The molecule has 0 saturated carbocycles. The first-order chi connectivity index (χ1) is 17.7. The van der Waals surface area contributed by atoms with Crippen LogP contribution in [0.3, 0.4) is 0 Å². The highest BCUT2D eigenvalue weighted by atomic mass is 16.4. The van der Waals surface area contributed by atoms with Gasteiger partial charge in [0.15, 0.2) is 11.4 Å². The van der Waals surface area contributed by atoms with E-state index < -0.39 is 0 Å². The van der Waals surface area contributed by atoms with Gasteiger partial charge in [0.05, 0.1) is 11.4 Å². The fourth-order valence-corrected chi connectivity index (χ4v) is 4.76. The van der Waals surface area contributed by atoms with Gasteiger partial charge < -0.3 is 30.3 Å². The molecule has 5 rings (SSSR count). The summed E-state index contributed by atoms with van der Waals surface area (Å²) in [7, 11) is 1.76. The fourth-order valence-electron chi connectivity index (χ4n) is 4.76. The van der Waals surface area contributed by atoms with Crippen molar-refractivity contribution in [2.45, 2.75) is 38.5 Å². The summed E-state index contributed by atoms with van der Waals surface area (Å²) in [5.74, 6) is 0.362. The molecule has 10 nitrogen and oxygen atoms in total. The Labute approximate surface area is 210 Å². The van der Waals surface area contributed by atoms with Crippen molar-refractivity contribution in [3.05, 3.63) is 41.9 Å². The van der Waals surface area contributed by atoms with Gasteiger partial charge in [-0.05, 0) is 50.7 Å². The lowest BCUT2D eigenvalue weighted by molar-refractivity contribution is 0.102. The van der Waals surface area contributed by atoms with E-state index in [2.05, 4.69) is 25.4 Å². The highest BCUT2D eigenvalue weighted by molar-refractivity contribution is 6.09. The molecule has 36 heavy (non-hydrogen) atoms. The molecule has 2 aliphatic heterocycles. The number of piperidine rings is 2. The first-order valence-electron chi connectivity index (χ1n) is 12.6. The number of nitrogens with zero attached hydrogens (tertiary/aromatic N) is 5. The Hall–Kier alpha value is -3.95. The molecular weight excluding hydrogens is 456 g/mol. The predicted molar refractivity (Wildman–Crippen MR) is 142 cm³/mol. The first kappa shape index (κ1) is 23.8. The maximum absolute atomic E-state index is 13.3. The summed E-state index contributed by atoms with van der Waals surface area (Å²) in [6, 6.07) is 7.62. The number of allylic oxidation sites excluding steroid dienone is 1. The molecule has 2 saturated heterocycles. The Morgan fingerprint density at radius 2 is 1.67 bits per heavy atom. The number of aromatic nitrogens is 3. The van der Waals surface area contributed by atoms with Crippen LogP contribution in [0.2, 0.25) is 0 Å². The van der Waals surface area contributed by atoms with E-state index in [1.165, 1.54) is 19.1 Å². The molecule has 0 radical (unpaired) electrons. The van der Waals surface area contributed by atoms with Gasteiger partial charge in [-0.15, -0.1) is 0 Å². The standard InChI is InChI=1S/C26H32N8O2/c1-28-17-18(16-27)19-9-8-10-20(29-19)25(35)30-21-15-22-23(31-24(21)33-11-4-2-5-12-33)32-26(36-22)34-13-6-3-7-14-34/h8-10,15-17,27-28H,2-7,11-14H2,1H3,(H,30,35)/b18-17+,27-16?. The molecule has 0 spiro atoms. The van der Waals surface area contributed by atoms with Crippen LogP contribution in [-0.4, -0.2) is 60.3 Å². The summed E-state index contributed by atoms with van der Waals surface area (Å²) >= 11 is 0. The second-order valence-corrected chi connectivity index (χ2v) is 9.17. The first-order valence-corrected chi connectivity index (χ1v) is 12.6. The number of fused-ring (bicyclic) bond motifs is 1. The van der Waals surface area contributed by atoms with E-state index in [-0.39, 0.29) is 11.6 Å². The van der Waals surface area contributed by atoms with Crippen molar-refractivity contribution in [2.75, 3.05) is 48.3 Å². The van der Waals surface area contributed by atoms with Crippen molar-refractivity contribution < 1.29 is 9.21 Å². The molecule has 2 fully saturated rings. The van der Waals surface area contributed by atoms with Gasteiger partial charge >= 0.3 is 0 Å². The van der Waals surface area contributed by atoms with Gasteiger partial charge in [0.25, 0.3) is 11.9 Å². The number of amides is 1. The second kappa shape index (κ2) is 10.8. The number of hydrogen-bond donors (Lipinski definition) is 3. The Morgan fingerprint density at radius 1 is 0.972 bits per heavy atom. The van der Waals surface area contributed by atoms with E-state index in [1.54, 1.807) is 31.4 Å². The van der Waals surface area contributed by atoms with Crippen LogP contribution in [0.1, 0.15) is 54.7 Å². The van der Waals surface area contributed by atoms with Gasteiger partial charge in [-0.2, -0.15) is 4.98 Å². The number of anilines is 3. The van der Waals surface area contributed by atoms with Crippen LogP contribution in [0.5, 0.6) is 0 Å². The molecule has 3 aromatic heterocycles. The number of pyridine rings is 2. The Balaban J connectivity index is 1.48. The van der Waals surface area contributed by atoms with Crippen LogP contribution in [-0.2, 0) is 0 Å². The number of hydrogen-bond acceptors (Lipinski definition) is 9. The highest BCUT2D eigenvalue weighted by Crippen LogP contribution is 2.33. The highest BCUT2D eigenvalue weighted by Gasteiger charge is 2.23. The van der Waals surface area contributed by atoms with E-state index in [1.807, 2.05) is 6.07 Å². The number of carbonyl (C=O) groups excluding carboxylic acids is 1. The number of carbonyl (C=O) groups is 1. The molecule has 0 bridgehead atoms. The third kappa shape index (κ3) is 5.02. The topological polar surface area (TPSA) is 123 Å². The third-order valence-corrected chi connectivity index (χ3v) is 6.61. The quantitative estimate of drug-likeness (QED) is 0.426. The van der Waals surface area contributed by atoms with Crippen molar-refractivity contribution >= 4 is 46.4 Å². The van der Waals surface area contributed by atoms with E-state index in [4.69, 9.17) is 19.8 Å². The van der Waals surface area contributed by atoms with Crippen LogP contribution >= 0.6 is 0 Å². The number of oxazole rings is 1. The maximum Gasteiger partial charge on any atom is 0.299 e. The van der Waals surface area contributed by atoms with E-state index >= 15 is 0 Å². The summed E-state index contributed by atoms with van der Waals surface area (Å²) in [5.41, 5.74) is 3.07. The largest absolute Gasteiger partial charge is 0.422 e. The normalized spacial score (nSPS) is 16.8. The fraction of sp³-hybridized carbons (Fsp3) is 0.423. The van der Waals surface area contributed by atoms with Gasteiger partial charge in [0, 0.05) is 57.3 Å². The van der Waals surface area contributed by atoms with Crippen LogP contribution in [0, 0.1) is 5.41 Å². The average molecular weight is 489 g/mol. The summed E-state index contributed by atoms with van der Waals surface area (Å²) in [6.45, 7) is 3.61. The number of rotatable bonds is 7. The third-order valence-electron chi connectivity index (χ3n) is 6.61. The minimum Gasteiger partial charge on any atom is -0.422 e. The van der Waals surface area contributed by atoms with Crippen molar-refractivity contribution in [1.82, 2.24) is 20.3 Å². The molecule has 1 amide bonds. The van der Waals surface area contributed by atoms with Gasteiger partial charge in [0.2, 0.25) is 5.65 Å². The lowest BCUT2D eigenvalue weighted by atomic mass is 10.1. The number of nitrogens with one attached hydrogen (secondary N) is 3. The molecule has 3 aromatic rings. The summed E-state index contributed by atoms with van der Waals surface area (Å²) in [6.07, 6.45) is 9.71. The molecular formula is C26H32N8O2. The minimum atomic E-state index is -0.346. The van der Waals surface area contributed by atoms with Crippen LogP contribution in [0.4, 0.5) is 17.5 Å². The van der Waals surface area contributed by atoms with E-state index in [0.717, 1.165) is 51.9 Å². The molecule has 188 valence electrons. The average Bonchev–Trinajstić information content (AvgIpc) is 3.35.